The first-order valence-corrected chi connectivity index (χ1v) is 8.51. The normalized spacial score (nSPS) is 11.9. The van der Waals surface area contributed by atoms with Gasteiger partial charge in [-0.1, -0.05) is 13.8 Å². The van der Waals surface area contributed by atoms with Crippen LogP contribution in [-0.4, -0.2) is 34.8 Å². The fourth-order valence-corrected chi connectivity index (χ4v) is 2.54. The number of nitrogens with one attached hydrogen (secondary N) is 1. The minimum atomic E-state index is -0.793. The van der Waals surface area contributed by atoms with Gasteiger partial charge in [-0.25, -0.2) is 13.9 Å². The average Bonchev–Trinajstić information content (AvgIpc) is 2.62. The third-order valence-electron chi connectivity index (χ3n) is 3.83. The lowest BCUT2D eigenvalue weighted by Crippen LogP contribution is -2.44. The number of amides is 1. The van der Waals surface area contributed by atoms with Gasteiger partial charge in [-0.3, -0.25) is 9.59 Å². The lowest BCUT2D eigenvalue weighted by Gasteiger charge is -2.18. The van der Waals surface area contributed by atoms with Gasteiger partial charge >= 0.3 is 5.97 Å². The average molecular weight is 375 g/mol. The summed E-state index contributed by atoms with van der Waals surface area (Å²) in [6, 6.07) is 7.62. The summed E-state index contributed by atoms with van der Waals surface area (Å²) in [6.07, 6.45) is 0.413. The minimum Gasteiger partial charge on any atom is -0.467 e. The van der Waals surface area contributed by atoms with Crippen LogP contribution in [0.5, 0.6) is 0 Å². The number of halogens is 1. The highest BCUT2D eigenvalue weighted by Gasteiger charge is 2.23. The Morgan fingerprint density at radius 3 is 2.44 bits per heavy atom. The van der Waals surface area contributed by atoms with Gasteiger partial charge < -0.3 is 10.1 Å². The quantitative estimate of drug-likeness (QED) is 0.745. The van der Waals surface area contributed by atoms with E-state index >= 15 is 0 Å². The first kappa shape index (κ1) is 20.3. The molecule has 1 aromatic heterocycles. The number of ether oxygens (including phenoxy) is 1. The van der Waals surface area contributed by atoms with Crippen LogP contribution in [-0.2, 0) is 20.9 Å². The molecular formula is C19H22FN3O4. The van der Waals surface area contributed by atoms with Crippen molar-refractivity contribution in [2.45, 2.75) is 32.9 Å². The van der Waals surface area contributed by atoms with Crippen molar-refractivity contribution in [3.63, 3.8) is 0 Å². The van der Waals surface area contributed by atoms with Crippen LogP contribution in [0.1, 0.15) is 20.3 Å². The molecule has 0 spiro atoms. The van der Waals surface area contributed by atoms with Crippen LogP contribution in [0.3, 0.4) is 0 Å². The van der Waals surface area contributed by atoms with Crippen LogP contribution < -0.4 is 10.9 Å². The van der Waals surface area contributed by atoms with Gasteiger partial charge in [-0.2, -0.15) is 5.10 Å². The van der Waals surface area contributed by atoms with E-state index in [1.807, 2.05) is 13.8 Å². The SMILES string of the molecule is COC(=O)[C@@H](CC(C)C)NC(=O)Cn1nc(-c2ccc(F)cc2)ccc1=O. The smallest absolute Gasteiger partial charge is 0.328 e. The Morgan fingerprint density at radius 2 is 1.85 bits per heavy atom. The Balaban J connectivity index is 2.16. The van der Waals surface area contributed by atoms with Gasteiger partial charge in [0, 0.05) is 11.6 Å². The minimum absolute atomic E-state index is 0.164. The van der Waals surface area contributed by atoms with Crippen molar-refractivity contribution in [1.29, 1.82) is 0 Å². The number of hydrogen-bond acceptors (Lipinski definition) is 5. The number of aromatic nitrogens is 2. The molecule has 2 rings (SSSR count). The summed E-state index contributed by atoms with van der Waals surface area (Å²) in [5.74, 6) is -1.29. The molecule has 0 fully saturated rings. The van der Waals surface area contributed by atoms with E-state index in [2.05, 4.69) is 10.4 Å². The predicted octanol–water partition coefficient (Wildman–Crippen LogP) is 1.75. The fourth-order valence-electron chi connectivity index (χ4n) is 2.54. The van der Waals surface area contributed by atoms with Crippen LogP contribution in [0.4, 0.5) is 4.39 Å². The van der Waals surface area contributed by atoms with E-state index in [0.29, 0.717) is 17.7 Å². The second kappa shape index (κ2) is 9.07. The number of rotatable bonds is 7. The fraction of sp³-hybridized carbons (Fsp3) is 0.368. The van der Waals surface area contributed by atoms with Crippen molar-refractivity contribution < 1.29 is 18.7 Å². The van der Waals surface area contributed by atoms with Gasteiger partial charge in [0.15, 0.2) is 0 Å². The first-order valence-electron chi connectivity index (χ1n) is 8.51. The van der Waals surface area contributed by atoms with Crippen molar-refractivity contribution in [3.05, 3.63) is 52.6 Å². The molecule has 27 heavy (non-hydrogen) atoms. The van der Waals surface area contributed by atoms with Crippen LogP contribution in [0.25, 0.3) is 11.3 Å². The molecule has 1 aromatic carbocycles. The highest BCUT2D eigenvalue weighted by Crippen LogP contribution is 2.15. The Morgan fingerprint density at radius 1 is 1.19 bits per heavy atom. The topological polar surface area (TPSA) is 90.3 Å². The van der Waals surface area contributed by atoms with Gasteiger partial charge in [0.25, 0.3) is 5.56 Å². The number of nitrogens with zero attached hydrogens (tertiary/aromatic N) is 2. The summed E-state index contributed by atoms with van der Waals surface area (Å²) < 4.78 is 18.8. The Bertz CT molecular complexity index is 862. The van der Waals surface area contributed by atoms with Gasteiger partial charge in [0.1, 0.15) is 18.4 Å². The summed E-state index contributed by atoms with van der Waals surface area (Å²) in [6.45, 7) is 3.49. The predicted molar refractivity (Wildman–Crippen MR) is 97.3 cm³/mol. The number of esters is 1. The van der Waals surface area contributed by atoms with Crippen molar-refractivity contribution in [3.8, 4) is 11.3 Å². The molecule has 0 aliphatic rings. The van der Waals surface area contributed by atoms with E-state index in [1.165, 1.54) is 43.5 Å². The molecule has 7 nitrogen and oxygen atoms in total. The number of carbonyl (C=O) groups excluding carboxylic acids is 2. The van der Waals surface area contributed by atoms with Crippen LogP contribution >= 0.6 is 0 Å². The third-order valence-corrected chi connectivity index (χ3v) is 3.83. The Hall–Kier alpha value is -3.03. The van der Waals surface area contributed by atoms with E-state index in [9.17, 15) is 18.8 Å². The zero-order chi connectivity index (χ0) is 20.0. The van der Waals surface area contributed by atoms with Crippen molar-refractivity contribution in [2.75, 3.05) is 7.11 Å². The summed E-state index contributed by atoms with van der Waals surface area (Å²) in [5.41, 5.74) is 0.571. The van der Waals surface area contributed by atoms with E-state index in [1.54, 1.807) is 0 Å². The Labute approximate surface area is 156 Å². The van der Waals surface area contributed by atoms with E-state index in [4.69, 9.17) is 4.74 Å². The molecule has 1 N–H and O–H groups in total. The van der Waals surface area contributed by atoms with E-state index in [-0.39, 0.29) is 18.3 Å². The lowest BCUT2D eigenvalue weighted by molar-refractivity contribution is -0.145. The Kier molecular flexibility index (Phi) is 6.81. The molecular weight excluding hydrogens is 353 g/mol. The maximum atomic E-state index is 13.1. The molecule has 8 heteroatoms. The standard InChI is InChI=1S/C19H22FN3O4/c1-12(2)10-16(19(26)27-3)21-17(24)11-23-18(25)9-8-15(22-23)13-4-6-14(20)7-5-13/h4-9,12,16H,10-11H2,1-3H3,(H,21,24)/t16-/m1/s1. The zero-order valence-electron chi connectivity index (χ0n) is 15.4. The molecule has 0 unspecified atom stereocenters. The lowest BCUT2D eigenvalue weighted by atomic mass is 10.0. The summed E-state index contributed by atoms with van der Waals surface area (Å²) in [7, 11) is 1.25. The van der Waals surface area contributed by atoms with Crippen molar-refractivity contribution in [1.82, 2.24) is 15.1 Å². The maximum absolute atomic E-state index is 13.1. The summed E-state index contributed by atoms with van der Waals surface area (Å²) >= 11 is 0. The second-order valence-electron chi connectivity index (χ2n) is 6.49. The largest absolute Gasteiger partial charge is 0.467 e. The molecule has 0 saturated carbocycles. The molecule has 0 bridgehead atoms. The molecule has 2 aromatic rings. The monoisotopic (exact) mass is 375 g/mol. The van der Waals surface area contributed by atoms with Crippen LogP contribution in [0.15, 0.2) is 41.2 Å². The molecule has 1 amide bonds. The first-order chi connectivity index (χ1) is 12.8. The second-order valence-corrected chi connectivity index (χ2v) is 6.49. The maximum Gasteiger partial charge on any atom is 0.328 e. The number of hydrogen-bond donors (Lipinski definition) is 1. The van der Waals surface area contributed by atoms with Gasteiger partial charge in [-0.05, 0) is 42.7 Å². The molecule has 1 heterocycles. The van der Waals surface area contributed by atoms with E-state index < -0.39 is 23.5 Å². The molecule has 0 radical (unpaired) electrons. The number of benzene rings is 1. The van der Waals surface area contributed by atoms with Gasteiger partial charge in [-0.15, -0.1) is 0 Å². The van der Waals surface area contributed by atoms with Gasteiger partial charge in [0.05, 0.1) is 12.8 Å². The molecule has 0 aliphatic heterocycles. The van der Waals surface area contributed by atoms with E-state index in [0.717, 1.165) is 4.68 Å². The highest BCUT2D eigenvalue weighted by atomic mass is 19.1. The van der Waals surface area contributed by atoms with Crippen molar-refractivity contribution in [2.24, 2.45) is 5.92 Å². The van der Waals surface area contributed by atoms with Crippen LogP contribution in [0.2, 0.25) is 0 Å². The zero-order valence-corrected chi connectivity index (χ0v) is 15.4. The molecule has 1 atom stereocenters. The third kappa shape index (κ3) is 5.73. The number of methoxy groups -OCH3 is 1. The number of carbonyl (C=O) groups is 2. The molecule has 144 valence electrons. The highest BCUT2D eigenvalue weighted by molar-refractivity contribution is 5.84. The molecule has 0 aliphatic carbocycles. The summed E-state index contributed by atoms with van der Waals surface area (Å²) in [4.78, 5) is 36.1. The van der Waals surface area contributed by atoms with Gasteiger partial charge in [0.2, 0.25) is 5.91 Å². The molecule has 0 saturated heterocycles. The van der Waals surface area contributed by atoms with Crippen molar-refractivity contribution >= 4 is 11.9 Å². The van der Waals surface area contributed by atoms with Crippen LogP contribution in [0, 0.1) is 11.7 Å². The summed E-state index contributed by atoms with van der Waals surface area (Å²) in [5, 5.41) is 6.73.